The SMILES string of the molecule is CC(OC(=O)c1cccc(O)c1)C(=O)N1CCc2ccccc21. The van der Waals surface area contributed by atoms with Crippen molar-refractivity contribution in [3.63, 3.8) is 0 Å². The molecule has 1 N–H and O–H groups in total. The number of hydrogen-bond acceptors (Lipinski definition) is 4. The maximum absolute atomic E-state index is 12.5. The van der Waals surface area contributed by atoms with Gasteiger partial charge >= 0.3 is 5.97 Å². The van der Waals surface area contributed by atoms with Crippen molar-refractivity contribution in [3.8, 4) is 5.75 Å². The molecule has 0 saturated heterocycles. The minimum atomic E-state index is -0.893. The van der Waals surface area contributed by atoms with Gasteiger partial charge in [0.15, 0.2) is 6.10 Å². The number of fused-ring (bicyclic) bond motifs is 1. The predicted octanol–water partition coefficient (Wildman–Crippen LogP) is 2.53. The van der Waals surface area contributed by atoms with Crippen LogP contribution in [-0.2, 0) is 16.0 Å². The highest BCUT2D eigenvalue weighted by Crippen LogP contribution is 2.28. The highest BCUT2D eigenvalue weighted by molar-refractivity contribution is 6.00. The Balaban J connectivity index is 1.70. The van der Waals surface area contributed by atoms with Gasteiger partial charge in [-0.3, -0.25) is 4.79 Å². The van der Waals surface area contributed by atoms with Crippen molar-refractivity contribution < 1.29 is 19.4 Å². The molecule has 2 aromatic rings. The Labute approximate surface area is 134 Å². The van der Waals surface area contributed by atoms with E-state index in [4.69, 9.17) is 4.74 Å². The minimum Gasteiger partial charge on any atom is -0.508 e. The second-order valence-electron chi connectivity index (χ2n) is 5.47. The Morgan fingerprint density at radius 1 is 1.17 bits per heavy atom. The molecule has 1 amide bonds. The number of phenols is 1. The van der Waals surface area contributed by atoms with Crippen molar-refractivity contribution in [2.45, 2.75) is 19.4 Å². The molecule has 5 heteroatoms. The van der Waals surface area contributed by atoms with Crippen molar-refractivity contribution >= 4 is 17.6 Å². The first-order valence-corrected chi connectivity index (χ1v) is 7.45. The van der Waals surface area contributed by atoms with E-state index in [2.05, 4.69) is 0 Å². The fraction of sp³-hybridized carbons (Fsp3) is 0.222. The lowest BCUT2D eigenvalue weighted by Crippen LogP contribution is -2.39. The number of amides is 1. The lowest BCUT2D eigenvalue weighted by atomic mass is 10.2. The first-order valence-electron chi connectivity index (χ1n) is 7.45. The fourth-order valence-corrected chi connectivity index (χ4v) is 2.70. The highest BCUT2D eigenvalue weighted by atomic mass is 16.5. The molecule has 2 aromatic carbocycles. The maximum atomic E-state index is 12.5. The van der Waals surface area contributed by atoms with E-state index in [-0.39, 0.29) is 17.2 Å². The number of rotatable bonds is 3. The van der Waals surface area contributed by atoms with Crippen LogP contribution < -0.4 is 4.90 Å². The first kappa shape index (κ1) is 15.1. The molecular formula is C18H17NO4. The molecule has 118 valence electrons. The number of aromatic hydroxyl groups is 1. The highest BCUT2D eigenvalue weighted by Gasteiger charge is 2.29. The number of anilines is 1. The second-order valence-corrected chi connectivity index (χ2v) is 5.47. The number of carbonyl (C=O) groups excluding carboxylic acids is 2. The Morgan fingerprint density at radius 2 is 1.96 bits per heavy atom. The largest absolute Gasteiger partial charge is 0.508 e. The average molecular weight is 311 g/mol. The van der Waals surface area contributed by atoms with Crippen LogP contribution in [-0.4, -0.2) is 29.6 Å². The van der Waals surface area contributed by atoms with Crippen molar-refractivity contribution in [1.82, 2.24) is 0 Å². The Kier molecular flexibility index (Phi) is 4.02. The van der Waals surface area contributed by atoms with Gasteiger partial charge in [0.1, 0.15) is 5.75 Å². The zero-order valence-electron chi connectivity index (χ0n) is 12.7. The molecule has 3 rings (SSSR count). The van der Waals surface area contributed by atoms with Crippen LogP contribution in [0.25, 0.3) is 0 Å². The monoisotopic (exact) mass is 311 g/mol. The van der Waals surface area contributed by atoms with Gasteiger partial charge in [0.05, 0.1) is 5.56 Å². The van der Waals surface area contributed by atoms with Crippen molar-refractivity contribution in [2.75, 3.05) is 11.4 Å². The molecule has 0 spiro atoms. The molecule has 0 saturated carbocycles. The van der Waals surface area contributed by atoms with Crippen LogP contribution in [0.4, 0.5) is 5.69 Å². The number of ether oxygens (including phenoxy) is 1. The van der Waals surface area contributed by atoms with Gasteiger partial charge in [-0.2, -0.15) is 0 Å². The zero-order chi connectivity index (χ0) is 16.4. The molecule has 0 aliphatic carbocycles. The van der Waals surface area contributed by atoms with Crippen LogP contribution in [0.2, 0.25) is 0 Å². The Hall–Kier alpha value is -2.82. The summed E-state index contributed by atoms with van der Waals surface area (Å²) in [7, 11) is 0. The van der Waals surface area contributed by atoms with E-state index in [1.165, 1.54) is 18.2 Å². The van der Waals surface area contributed by atoms with Gasteiger partial charge in [0, 0.05) is 12.2 Å². The summed E-state index contributed by atoms with van der Waals surface area (Å²) in [6, 6.07) is 13.6. The van der Waals surface area contributed by atoms with E-state index in [9.17, 15) is 14.7 Å². The van der Waals surface area contributed by atoms with Gasteiger partial charge in [-0.1, -0.05) is 24.3 Å². The van der Waals surface area contributed by atoms with Crippen LogP contribution in [0.5, 0.6) is 5.75 Å². The van der Waals surface area contributed by atoms with Crippen LogP contribution in [0, 0.1) is 0 Å². The number of nitrogens with zero attached hydrogens (tertiary/aromatic N) is 1. The number of phenolic OH excluding ortho intramolecular Hbond substituents is 1. The molecule has 1 heterocycles. The van der Waals surface area contributed by atoms with Crippen LogP contribution >= 0.6 is 0 Å². The normalized spacial score (nSPS) is 14.2. The van der Waals surface area contributed by atoms with Crippen LogP contribution in [0.1, 0.15) is 22.8 Å². The maximum Gasteiger partial charge on any atom is 0.339 e. The lowest BCUT2D eigenvalue weighted by Gasteiger charge is -2.21. The van der Waals surface area contributed by atoms with E-state index in [1.807, 2.05) is 24.3 Å². The average Bonchev–Trinajstić information content (AvgIpc) is 2.98. The molecule has 0 radical (unpaired) electrons. The number of esters is 1. The standard InChI is InChI=1S/C18H17NO4/c1-12(23-18(22)14-6-4-7-15(20)11-14)17(21)19-10-9-13-5-2-3-8-16(13)19/h2-8,11-12,20H,9-10H2,1H3. The summed E-state index contributed by atoms with van der Waals surface area (Å²) in [6.07, 6.45) is -0.0919. The third-order valence-corrected chi connectivity index (χ3v) is 3.87. The van der Waals surface area contributed by atoms with E-state index >= 15 is 0 Å². The molecule has 5 nitrogen and oxygen atoms in total. The molecular weight excluding hydrogens is 294 g/mol. The van der Waals surface area contributed by atoms with Gasteiger partial charge in [-0.05, 0) is 43.2 Å². The molecule has 1 atom stereocenters. The smallest absolute Gasteiger partial charge is 0.339 e. The summed E-state index contributed by atoms with van der Waals surface area (Å²) >= 11 is 0. The van der Waals surface area contributed by atoms with Crippen molar-refractivity contribution in [3.05, 3.63) is 59.7 Å². The quantitative estimate of drug-likeness (QED) is 0.885. The number of benzene rings is 2. The molecule has 0 aromatic heterocycles. The fourth-order valence-electron chi connectivity index (χ4n) is 2.70. The molecule has 0 fully saturated rings. The van der Waals surface area contributed by atoms with Crippen LogP contribution in [0.3, 0.4) is 0 Å². The lowest BCUT2D eigenvalue weighted by molar-refractivity contribution is -0.126. The number of carbonyl (C=O) groups is 2. The summed E-state index contributed by atoms with van der Waals surface area (Å²) in [5, 5.41) is 9.40. The molecule has 0 bridgehead atoms. The van der Waals surface area contributed by atoms with E-state index in [1.54, 1.807) is 17.9 Å². The van der Waals surface area contributed by atoms with E-state index in [0.717, 1.165) is 17.7 Å². The zero-order valence-corrected chi connectivity index (χ0v) is 12.7. The van der Waals surface area contributed by atoms with E-state index in [0.29, 0.717) is 6.54 Å². The minimum absolute atomic E-state index is 0.0214. The number of para-hydroxylation sites is 1. The summed E-state index contributed by atoms with van der Waals surface area (Å²) in [4.78, 5) is 26.3. The van der Waals surface area contributed by atoms with Crippen molar-refractivity contribution in [2.24, 2.45) is 0 Å². The third-order valence-electron chi connectivity index (χ3n) is 3.87. The third kappa shape index (κ3) is 3.04. The van der Waals surface area contributed by atoms with Gasteiger partial charge < -0.3 is 14.7 Å². The Bertz CT molecular complexity index is 756. The van der Waals surface area contributed by atoms with Gasteiger partial charge in [0.25, 0.3) is 5.91 Å². The van der Waals surface area contributed by atoms with Gasteiger partial charge in [-0.25, -0.2) is 4.79 Å². The first-order chi connectivity index (χ1) is 11.1. The van der Waals surface area contributed by atoms with Crippen LogP contribution in [0.15, 0.2) is 48.5 Å². The predicted molar refractivity (Wildman–Crippen MR) is 85.5 cm³/mol. The summed E-state index contributed by atoms with van der Waals surface area (Å²) in [5.41, 5.74) is 2.21. The molecule has 1 aliphatic rings. The molecule has 1 unspecified atom stereocenters. The topological polar surface area (TPSA) is 66.8 Å². The molecule has 1 aliphatic heterocycles. The van der Waals surface area contributed by atoms with Gasteiger partial charge in [0.2, 0.25) is 0 Å². The second kappa shape index (κ2) is 6.12. The summed E-state index contributed by atoms with van der Waals surface area (Å²) in [6.45, 7) is 2.15. The number of hydrogen-bond donors (Lipinski definition) is 1. The summed E-state index contributed by atoms with van der Waals surface area (Å²) in [5.74, 6) is -0.899. The van der Waals surface area contributed by atoms with Gasteiger partial charge in [-0.15, -0.1) is 0 Å². The van der Waals surface area contributed by atoms with E-state index < -0.39 is 12.1 Å². The summed E-state index contributed by atoms with van der Waals surface area (Å²) < 4.78 is 5.24. The Morgan fingerprint density at radius 3 is 2.74 bits per heavy atom. The van der Waals surface area contributed by atoms with Crippen molar-refractivity contribution in [1.29, 1.82) is 0 Å². The molecule has 23 heavy (non-hydrogen) atoms.